The van der Waals surface area contributed by atoms with Crippen LogP contribution in [0.2, 0.25) is 0 Å². The molecule has 0 aliphatic rings. The van der Waals surface area contributed by atoms with Crippen LogP contribution in [0.3, 0.4) is 0 Å². The molecule has 0 aliphatic heterocycles. The van der Waals surface area contributed by atoms with E-state index >= 15 is 0 Å². The lowest BCUT2D eigenvalue weighted by Crippen LogP contribution is -2.30. The zero-order chi connectivity index (χ0) is 14.9. The van der Waals surface area contributed by atoms with Gasteiger partial charge in [-0.2, -0.15) is 0 Å². The molecule has 1 atom stereocenters. The zero-order valence-corrected chi connectivity index (χ0v) is 13.0. The highest BCUT2D eigenvalue weighted by atomic mass is 16.3. The maximum atomic E-state index is 5.78. The van der Waals surface area contributed by atoms with Crippen LogP contribution in [0.15, 0.2) is 22.6 Å². The average molecular weight is 272 g/mol. The van der Waals surface area contributed by atoms with E-state index in [1.807, 2.05) is 13.8 Å². The van der Waals surface area contributed by atoms with Crippen LogP contribution in [0.1, 0.15) is 45.4 Å². The molecule has 1 unspecified atom stereocenters. The van der Waals surface area contributed by atoms with Crippen LogP contribution in [-0.2, 0) is 6.42 Å². The summed E-state index contributed by atoms with van der Waals surface area (Å²) in [6.45, 7) is 10.3. The van der Waals surface area contributed by atoms with Crippen molar-refractivity contribution in [3.8, 4) is 0 Å². The standard InChI is InChI=1S/C17H24N2O/c1-10-6-11(2)8-15(7-10)9-16(19-18)17-12(3)13(4)20-14(17)5/h6-8,16,19H,9,18H2,1-5H3. The van der Waals surface area contributed by atoms with Gasteiger partial charge in [0, 0.05) is 5.56 Å². The highest BCUT2D eigenvalue weighted by molar-refractivity contribution is 5.36. The van der Waals surface area contributed by atoms with E-state index in [1.54, 1.807) is 0 Å². The molecular weight excluding hydrogens is 248 g/mol. The lowest BCUT2D eigenvalue weighted by Gasteiger charge is -2.17. The molecule has 20 heavy (non-hydrogen) atoms. The summed E-state index contributed by atoms with van der Waals surface area (Å²) in [4.78, 5) is 0. The first kappa shape index (κ1) is 14.8. The molecule has 0 fully saturated rings. The van der Waals surface area contributed by atoms with E-state index in [0.717, 1.165) is 17.9 Å². The molecule has 1 aromatic heterocycles. The summed E-state index contributed by atoms with van der Waals surface area (Å²) in [5.41, 5.74) is 9.18. The molecule has 1 aromatic carbocycles. The van der Waals surface area contributed by atoms with Gasteiger partial charge in [-0.15, -0.1) is 0 Å². The monoisotopic (exact) mass is 272 g/mol. The molecule has 2 rings (SSSR count). The van der Waals surface area contributed by atoms with Crippen molar-refractivity contribution in [3.63, 3.8) is 0 Å². The third kappa shape index (κ3) is 2.94. The van der Waals surface area contributed by atoms with E-state index in [4.69, 9.17) is 10.3 Å². The molecule has 0 amide bonds. The van der Waals surface area contributed by atoms with Crippen molar-refractivity contribution in [2.75, 3.05) is 0 Å². The minimum Gasteiger partial charge on any atom is -0.466 e. The number of hydrogen-bond acceptors (Lipinski definition) is 3. The molecule has 0 spiro atoms. The van der Waals surface area contributed by atoms with Crippen LogP contribution >= 0.6 is 0 Å². The second kappa shape index (κ2) is 5.81. The number of aryl methyl sites for hydroxylation is 4. The van der Waals surface area contributed by atoms with Crippen LogP contribution in [0.5, 0.6) is 0 Å². The second-order valence-electron chi connectivity index (χ2n) is 5.67. The molecule has 0 bridgehead atoms. The number of hydrazine groups is 1. The Labute approximate surface area is 121 Å². The van der Waals surface area contributed by atoms with E-state index in [1.165, 1.54) is 27.8 Å². The predicted molar refractivity (Wildman–Crippen MR) is 82.6 cm³/mol. The van der Waals surface area contributed by atoms with Gasteiger partial charge in [-0.1, -0.05) is 29.3 Å². The fraction of sp³-hybridized carbons (Fsp3) is 0.412. The molecule has 0 radical (unpaired) electrons. The summed E-state index contributed by atoms with van der Waals surface area (Å²) in [6.07, 6.45) is 0.861. The van der Waals surface area contributed by atoms with E-state index in [2.05, 4.69) is 44.4 Å². The molecule has 2 aromatic rings. The van der Waals surface area contributed by atoms with E-state index in [9.17, 15) is 0 Å². The van der Waals surface area contributed by atoms with Gasteiger partial charge < -0.3 is 4.42 Å². The van der Waals surface area contributed by atoms with Gasteiger partial charge in [0.1, 0.15) is 11.5 Å². The van der Waals surface area contributed by atoms with Crippen LogP contribution in [0.4, 0.5) is 0 Å². The minimum atomic E-state index is 0.0775. The van der Waals surface area contributed by atoms with E-state index in [-0.39, 0.29) is 6.04 Å². The topological polar surface area (TPSA) is 51.2 Å². The number of benzene rings is 1. The van der Waals surface area contributed by atoms with Crippen molar-refractivity contribution in [1.29, 1.82) is 0 Å². The number of nitrogens with two attached hydrogens (primary N) is 1. The molecule has 0 saturated carbocycles. The van der Waals surface area contributed by atoms with Gasteiger partial charge in [-0.25, -0.2) is 0 Å². The summed E-state index contributed by atoms with van der Waals surface area (Å²) in [5.74, 6) is 7.71. The van der Waals surface area contributed by atoms with Crippen molar-refractivity contribution >= 4 is 0 Å². The second-order valence-corrected chi connectivity index (χ2v) is 5.67. The highest BCUT2D eigenvalue weighted by Gasteiger charge is 2.20. The molecule has 3 heteroatoms. The van der Waals surface area contributed by atoms with Crippen molar-refractivity contribution in [2.24, 2.45) is 5.84 Å². The molecule has 108 valence electrons. The normalized spacial score (nSPS) is 12.7. The molecule has 0 aliphatic carbocycles. The first-order chi connectivity index (χ1) is 9.42. The van der Waals surface area contributed by atoms with Gasteiger partial charge in [0.05, 0.1) is 6.04 Å². The largest absolute Gasteiger partial charge is 0.466 e. The summed E-state index contributed by atoms with van der Waals surface area (Å²) in [7, 11) is 0. The predicted octanol–water partition coefficient (Wildman–Crippen LogP) is 3.57. The molecule has 3 nitrogen and oxygen atoms in total. The van der Waals surface area contributed by atoms with Crippen LogP contribution < -0.4 is 11.3 Å². The summed E-state index contributed by atoms with van der Waals surface area (Å²) >= 11 is 0. The Hall–Kier alpha value is -1.58. The van der Waals surface area contributed by atoms with Gasteiger partial charge in [0.25, 0.3) is 0 Å². The summed E-state index contributed by atoms with van der Waals surface area (Å²) < 4.78 is 5.72. The van der Waals surface area contributed by atoms with Gasteiger partial charge >= 0.3 is 0 Å². The summed E-state index contributed by atoms with van der Waals surface area (Å²) in [6, 6.07) is 6.70. The third-order valence-electron chi connectivity index (χ3n) is 3.89. The van der Waals surface area contributed by atoms with Gasteiger partial charge in [0.2, 0.25) is 0 Å². The Kier molecular flexibility index (Phi) is 4.31. The fourth-order valence-electron chi connectivity index (χ4n) is 2.99. The molecule has 1 heterocycles. The van der Waals surface area contributed by atoms with E-state index < -0.39 is 0 Å². The van der Waals surface area contributed by atoms with Gasteiger partial charge in [-0.3, -0.25) is 11.3 Å². The van der Waals surface area contributed by atoms with Crippen molar-refractivity contribution in [2.45, 2.75) is 47.1 Å². The maximum Gasteiger partial charge on any atom is 0.106 e. The smallest absolute Gasteiger partial charge is 0.106 e. The number of hydrogen-bond donors (Lipinski definition) is 2. The van der Waals surface area contributed by atoms with Gasteiger partial charge in [-0.05, 0) is 52.2 Å². The van der Waals surface area contributed by atoms with Crippen LogP contribution in [0, 0.1) is 34.6 Å². The highest BCUT2D eigenvalue weighted by Crippen LogP contribution is 2.29. The van der Waals surface area contributed by atoms with Crippen molar-refractivity contribution in [1.82, 2.24) is 5.43 Å². The van der Waals surface area contributed by atoms with E-state index in [0.29, 0.717) is 0 Å². The number of nitrogens with one attached hydrogen (secondary N) is 1. The minimum absolute atomic E-state index is 0.0775. The Morgan fingerprint density at radius 2 is 1.60 bits per heavy atom. The number of furan rings is 1. The Balaban J connectivity index is 2.33. The van der Waals surface area contributed by atoms with Crippen molar-refractivity contribution < 1.29 is 4.42 Å². The Bertz CT molecular complexity index is 593. The zero-order valence-electron chi connectivity index (χ0n) is 13.0. The maximum absolute atomic E-state index is 5.78. The Morgan fingerprint density at radius 3 is 2.05 bits per heavy atom. The summed E-state index contributed by atoms with van der Waals surface area (Å²) in [5, 5.41) is 0. The molecular formula is C17H24N2O. The first-order valence-corrected chi connectivity index (χ1v) is 7.02. The number of rotatable bonds is 4. The Morgan fingerprint density at radius 1 is 1.00 bits per heavy atom. The third-order valence-corrected chi connectivity index (χ3v) is 3.89. The van der Waals surface area contributed by atoms with Crippen LogP contribution in [-0.4, -0.2) is 0 Å². The lowest BCUT2D eigenvalue weighted by atomic mass is 9.94. The van der Waals surface area contributed by atoms with Crippen molar-refractivity contribution in [3.05, 3.63) is 57.5 Å². The fourth-order valence-corrected chi connectivity index (χ4v) is 2.99. The molecule has 0 saturated heterocycles. The quantitative estimate of drug-likeness (QED) is 0.661. The van der Waals surface area contributed by atoms with Gasteiger partial charge in [0.15, 0.2) is 0 Å². The molecule has 3 N–H and O–H groups in total. The first-order valence-electron chi connectivity index (χ1n) is 7.02. The van der Waals surface area contributed by atoms with Crippen LogP contribution in [0.25, 0.3) is 0 Å². The lowest BCUT2D eigenvalue weighted by molar-refractivity contribution is 0.484. The average Bonchev–Trinajstić information content (AvgIpc) is 2.60. The SMILES string of the molecule is Cc1cc(C)cc(CC(NN)c2c(C)oc(C)c2C)c1.